The zero-order chi connectivity index (χ0) is 12.5. The van der Waals surface area contributed by atoms with E-state index in [9.17, 15) is 0 Å². The standard InChI is InChI=1S/C16H16ClN/c1-18-10-9-12-5-2-3-8-15(12)16(18)13-6-4-7-14(17)11-13/h2-8,11,16H,9-10H2,1H3. The second-order valence-corrected chi connectivity index (χ2v) is 5.32. The molecule has 1 aliphatic heterocycles. The van der Waals surface area contributed by atoms with Crippen LogP contribution in [0.3, 0.4) is 0 Å². The topological polar surface area (TPSA) is 3.24 Å². The molecule has 0 radical (unpaired) electrons. The molecule has 0 saturated heterocycles. The molecule has 0 aliphatic carbocycles. The minimum Gasteiger partial charge on any atom is -0.295 e. The van der Waals surface area contributed by atoms with Gasteiger partial charge in [0.1, 0.15) is 0 Å². The highest BCUT2D eigenvalue weighted by Gasteiger charge is 2.25. The molecule has 0 aromatic heterocycles. The number of fused-ring (bicyclic) bond motifs is 1. The van der Waals surface area contributed by atoms with E-state index in [0.29, 0.717) is 6.04 Å². The van der Waals surface area contributed by atoms with Crippen molar-refractivity contribution in [3.8, 4) is 0 Å². The molecule has 0 spiro atoms. The molecule has 2 aromatic carbocycles. The average molecular weight is 258 g/mol. The van der Waals surface area contributed by atoms with Crippen LogP contribution in [0.2, 0.25) is 5.02 Å². The summed E-state index contributed by atoms with van der Waals surface area (Å²) in [7, 11) is 2.18. The van der Waals surface area contributed by atoms with Crippen LogP contribution in [0, 0.1) is 0 Å². The number of likely N-dealkylation sites (N-methyl/N-ethyl adjacent to an activating group) is 1. The zero-order valence-corrected chi connectivity index (χ0v) is 11.2. The van der Waals surface area contributed by atoms with Crippen LogP contribution < -0.4 is 0 Å². The van der Waals surface area contributed by atoms with E-state index in [4.69, 9.17) is 11.6 Å². The molecule has 1 atom stereocenters. The Kier molecular flexibility index (Phi) is 3.11. The molecule has 2 aromatic rings. The molecule has 3 rings (SSSR count). The van der Waals surface area contributed by atoms with Gasteiger partial charge in [-0.2, -0.15) is 0 Å². The fraction of sp³-hybridized carbons (Fsp3) is 0.250. The second kappa shape index (κ2) is 4.75. The van der Waals surface area contributed by atoms with Crippen molar-refractivity contribution >= 4 is 11.6 Å². The van der Waals surface area contributed by atoms with Gasteiger partial charge in [-0.05, 0) is 42.3 Å². The van der Waals surface area contributed by atoms with Gasteiger partial charge in [-0.15, -0.1) is 0 Å². The highest BCUT2D eigenvalue weighted by Crippen LogP contribution is 2.34. The van der Waals surface area contributed by atoms with Gasteiger partial charge < -0.3 is 0 Å². The SMILES string of the molecule is CN1CCc2ccccc2C1c1cccc(Cl)c1. The zero-order valence-electron chi connectivity index (χ0n) is 10.4. The first-order valence-corrected chi connectivity index (χ1v) is 6.67. The lowest BCUT2D eigenvalue weighted by Crippen LogP contribution is -2.32. The lowest BCUT2D eigenvalue weighted by molar-refractivity contribution is 0.265. The summed E-state index contributed by atoms with van der Waals surface area (Å²) < 4.78 is 0. The molecule has 1 nitrogen and oxygen atoms in total. The highest BCUT2D eigenvalue weighted by molar-refractivity contribution is 6.30. The van der Waals surface area contributed by atoms with Crippen molar-refractivity contribution in [3.05, 3.63) is 70.2 Å². The largest absolute Gasteiger partial charge is 0.295 e. The molecule has 0 amide bonds. The van der Waals surface area contributed by atoms with Crippen LogP contribution in [0.5, 0.6) is 0 Å². The van der Waals surface area contributed by atoms with E-state index in [-0.39, 0.29) is 0 Å². The van der Waals surface area contributed by atoms with Gasteiger partial charge in [0.2, 0.25) is 0 Å². The highest BCUT2D eigenvalue weighted by atomic mass is 35.5. The molecule has 18 heavy (non-hydrogen) atoms. The quantitative estimate of drug-likeness (QED) is 0.749. The molecule has 2 heteroatoms. The summed E-state index contributed by atoms with van der Waals surface area (Å²) in [5.41, 5.74) is 4.14. The summed E-state index contributed by atoms with van der Waals surface area (Å²) in [4.78, 5) is 2.40. The molecule has 1 unspecified atom stereocenters. The third kappa shape index (κ3) is 2.05. The number of rotatable bonds is 1. The Hall–Kier alpha value is -1.31. The summed E-state index contributed by atoms with van der Waals surface area (Å²) >= 11 is 6.12. The number of nitrogens with zero attached hydrogens (tertiary/aromatic N) is 1. The van der Waals surface area contributed by atoms with Crippen molar-refractivity contribution in [1.29, 1.82) is 0 Å². The Balaban J connectivity index is 2.10. The van der Waals surface area contributed by atoms with E-state index in [1.807, 2.05) is 12.1 Å². The lowest BCUT2D eigenvalue weighted by Gasteiger charge is -2.35. The summed E-state index contributed by atoms with van der Waals surface area (Å²) in [5, 5.41) is 0.809. The van der Waals surface area contributed by atoms with Crippen molar-refractivity contribution in [1.82, 2.24) is 4.90 Å². The normalized spacial score (nSPS) is 19.6. The third-order valence-electron chi connectivity index (χ3n) is 3.69. The number of hydrogen-bond acceptors (Lipinski definition) is 1. The average Bonchev–Trinajstić information content (AvgIpc) is 2.38. The molecule has 1 aliphatic rings. The Bertz CT molecular complexity index is 565. The van der Waals surface area contributed by atoms with Gasteiger partial charge in [-0.3, -0.25) is 4.90 Å². The smallest absolute Gasteiger partial charge is 0.0602 e. The Morgan fingerprint density at radius 1 is 1.11 bits per heavy atom. The summed E-state index contributed by atoms with van der Waals surface area (Å²) in [6, 6.07) is 17.2. The Labute approximate surface area is 113 Å². The maximum Gasteiger partial charge on any atom is 0.0602 e. The van der Waals surface area contributed by atoms with Crippen molar-refractivity contribution in [2.24, 2.45) is 0 Å². The van der Waals surface area contributed by atoms with Gasteiger partial charge in [0.15, 0.2) is 0 Å². The first kappa shape index (κ1) is 11.8. The van der Waals surface area contributed by atoms with Gasteiger partial charge in [0, 0.05) is 11.6 Å². The van der Waals surface area contributed by atoms with Crippen molar-refractivity contribution in [2.45, 2.75) is 12.5 Å². The number of halogens is 1. The molecular formula is C16H16ClN. The molecule has 0 fully saturated rings. The lowest BCUT2D eigenvalue weighted by atomic mass is 9.89. The predicted octanol–water partition coefficient (Wildman–Crippen LogP) is 3.92. The minimum atomic E-state index is 0.327. The number of hydrogen-bond donors (Lipinski definition) is 0. The van der Waals surface area contributed by atoms with E-state index in [2.05, 4.69) is 48.3 Å². The van der Waals surface area contributed by atoms with Crippen LogP contribution in [0.15, 0.2) is 48.5 Å². The maximum absolute atomic E-state index is 6.12. The van der Waals surface area contributed by atoms with E-state index in [1.165, 1.54) is 16.7 Å². The van der Waals surface area contributed by atoms with Crippen LogP contribution in [0.4, 0.5) is 0 Å². The fourth-order valence-electron chi connectivity index (χ4n) is 2.80. The van der Waals surface area contributed by atoms with E-state index in [0.717, 1.165) is 18.0 Å². The van der Waals surface area contributed by atoms with Crippen LogP contribution in [-0.2, 0) is 6.42 Å². The molecule has 92 valence electrons. The summed E-state index contributed by atoms with van der Waals surface area (Å²) in [6.45, 7) is 1.09. The van der Waals surface area contributed by atoms with Crippen LogP contribution >= 0.6 is 11.6 Å². The summed E-state index contributed by atoms with van der Waals surface area (Å²) in [6.07, 6.45) is 1.13. The molecular weight excluding hydrogens is 242 g/mol. The van der Waals surface area contributed by atoms with Gasteiger partial charge >= 0.3 is 0 Å². The third-order valence-corrected chi connectivity index (χ3v) is 3.92. The monoisotopic (exact) mass is 257 g/mol. The van der Waals surface area contributed by atoms with Gasteiger partial charge in [0.25, 0.3) is 0 Å². The second-order valence-electron chi connectivity index (χ2n) is 4.89. The van der Waals surface area contributed by atoms with E-state index < -0.39 is 0 Å². The van der Waals surface area contributed by atoms with Crippen molar-refractivity contribution in [3.63, 3.8) is 0 Å². The molecule has 0 N–H and O–H groups in total. The van der Waals surface area contributed by atoms with Crippen LogP contribution in [0.25, 0.3) is 0 Å². The predicted molar refractivity (Wildman–Crippen MR) is 76.1 cm³/mol. The van der Waals surface area contributed by atoms with Gasteiger partial charge in [-0.1, -0.05) is 48.0 Å². The Morgan fingerprint density at radius 2 is 1.94 bits per heavy atom. The van der Waals surface area contributed by atoms with Gasteiger partial charge in [0.05, 0.1) is 6.04 Å². The Morgan fingerprint density at radius 3 is 2.78 bits per heavy atom. The van der Waals surface area contributed by atoms with Gasteiger partial charge in [-0.25, -0.2) is 0 Å². The molecule has 0 bridgehead atoms. The first-order chi connectivity index (χ1) is 8.75. The molecule has 1 heterocycles. The van der Waals surface area contributed by atoms with Crippen molar-refractivity contribution < 1.29 is 0 Å². The van der Waals surface area contributed by atoms with Crippen LogP contribution in [0.1, 0.15) is 22.7 Å². The van der Waals surface area contributed by atoms with E-state index in [1.54, 1.807) is 0 Å². The maximum atomic E-state index is 6.12. The van der Waals surface area contributed by atoms with E-state index >= 15 is 0 Å². The minimum absolute atomic E-state index is 0.327. The summed E-state index contributed by atoms with van der Waals surface area (Å²) in [5.74, 6) is 0. The fourth-order valence-corrected chi connectivity index (χ4v) is 3.00. The first-order valence-electron chi connectivity index (χ1n) is 6.29. The number of benzene rings is 2. The molecule has 0 saturated carbocycles. The van der Waals surface area contributed by atoms with Crippen molar-refractivity contribution in [2.75, 3.05) is 13.6 Å². The van der Waals surface area contributed by atoms with Crippen LogP contribution in [-0.4, -0.2) is 18.5 Å².